The Labute approximate surface area is 123 Å². The fourth-order valence-electron chi connectivity index (χ4n) is 1.79. The third kappa shape index (κ3) is 7.34. The monoisotopic (exact) mass is 305 g/mol. The number of likely N-dealkylation sites (N-methyl/N-ethyl adjacent to an activating group) is 1. The van der Waals surface area contributed by atoms with E-state index in [4.69, 9.17) is 9.47 Å². The minimum atomic E-state index is -4.18. The number of benzene rings is 1. The second kappa shape index (κ2) is 8.24. The van der Waals surface area contributed by atoms with E-state index in [1.54, 1.807) is 7.05 Å². The van der Waals surface area contributed by atoms with Gasteiger partial charge in [-0.2, -0.15) is 13.2 Å². The average molecular weight is 305 g/mol. The van der Waals surface area contributed by atoms with Crippen LogP contribution in [0.2, 0.25) is 0 Å². The first-order valence-electron chi connectivity index (χ1n) is 6.90. The Morgan fingerprint density at radius 2 is 1.76 bits per heavy atom. The van der Waals surface area contributed by atoms with Gasteiger partial charge in [0.25, 0.3) is 0 Å². The van der Waals surface area contributed by atoms with Gasteiger partial charge in [0.15, 0.2) is 0 Å². The van der Waals surface area contributed by atoms with Gasteiger partial charge in [-0.3, -0.25) is 0 Å². The molecular weight excluding hydrogens is 283 g/mol. The number of ether oxygens (including phenoxy) is 2. The molecule has 0 radical (unpaired) electrons. The van der Waals surface area contributed by atoms with E-state index in [0.29, 0.717) is 0 Å². The van der Waals surface area contributed by atoms with Crippen molar-refractivity contribution in [2.45, 2.75) is 38.6 Å². The van der Waals surface area contributed by atoms with E-state index < -0.39 is 12.6 Å². The minimum absolute atomic E-state index is 0.0987. The number of rotatable bonds is 8. The SMILES string of the molecule is CNC(COCCC(F)(F)F)c1ccc(OC(C)C)cc1. The van der Waals surface area contributed by atoms with Crippen LogP contribution in [0.15, 0.2) is 24.3 Å². The van der Waals surface area contributed by atoms with Gasteiger partial charge in [-0.25, -0.2) is 0 Å². The van der Waals surface area contributed by atoms with Crippen molar-refractivity contribution in [3.63, 3.8) is 0 Å². The first-order valence-corrected chi connectivity index (χ1v) is 6.90. The van der Waals surface area contributed by atoms with Gasteiger partial charge in [-0.05, 0) is 38.6 Å². The number of hydrogen-bond acceptors (Lipinski definition) is 3. The Morgan fingerprint density at radius 1 is 1.14 bits per heavy atom. The van der Waals surface area contributed by atoms with Gasteiger partial charge in [0.2, 0.25) is 0 Å². The summed E-state index contributed by atoms with van der Waals surface area (Å²) in [6.07, 6.45) is -5.00. The summed E-state index contributed by atoms with van der Waals surface area (Å²) in [5, 5.41) is 3.03. The molecule has 0 bridgehead atoms. The molecule has 1 atom stereocenters. The van der Waals surface area contributed by atoms with Crippen LogP contribution in [0, 0.1) is 0 Å². The minimum Gasteiger partial charge on any atom is -0.491 e. The first kappa shape index (κ1) is 17.8. The predicted octanol–water partition coefficient (Wildman–Crippen LogP) is 3.70. The van der Waals surface area contributed by atoms with Crippen LogP contribution in [0.1, 0.15) is 31.9 Å². The predicted molar refractivity (Wildman–Crippen MR) is 75.5 cm³/mol. The van der Waals surface area contributed by atoms with Crippen LogP contribution >= 0.6 is 0 Å². The summed E-state index contributed by atoms with van der Waals surface area (Å²) in [4.78, 5) is 0. The van der Waals surface area contributed by atoms with Gasteiger partial charge >= 0.3 is 6.18 Å². The zero-order valence-electron chi connectivity index (χ0n) is 12.5. The Kier molecular flexibility index (Phi) is 6.98. The molecule has 3 nitrogen and oxygen atoms in total. The molecule has 6 heteroatoms. The van der Waals surface area contributed by atoms with Crippen LogP contribution in [-0.4, -0.2) is 32.5 Å². The molecule has 1 N–H and O–H groups in total. The highest BCUT2D eigenvalue weighted by molar-refractivity contribution is 5.29. The zero-order chi connectivity index (χ0) is 15.9. The second-order valence-corrected chi connectivity index (χ2v) is 5.02. The average Bonchev–Trinajstić information content (AvgIpc) is 2.38. The van der Waals surface area contributed by atoms with Crippen LogP contribution in [-0.2, 0) is 4.74 Å². The maximum absolute atomic E-state index is 12.0. The van der Waals surface area contributed by atoms with Crippen LogP contribution in [0.5, 0.6) is 5.75 Å². The van der Waals surface area contributed by atoms with E-state index in [1.807, 2.05) is 38.1 Å². The Bertz CT molecular complexity index is 404. The van der Waals surface area contributed by atoms with Crippen molar-refractivity contribution in [3.05, 3.63) is 29.8 Å². The summed E-state index contributed by atoms with van der Waals surface area (Å²) >= 11 is 0. The van der Waals surface area contributed by atoms with Gasteiger partial charge in [0.1, 0.15) is 5.75 Å². The van der Waals surface area contributed by atoms with Crippen LogP contribution in [0.4, 0.5) is 13.2 Å². The van der Waals surface area contributed by atoms with Crippen molar-refractivity contribution in [1.82, 2.24) is 5.32 Å². The molecule has 1 unspecified atom stereocenters. The van der Waals surface area contributed by atoms with E-state index in [1.165, 1.54) is 0 Å². The normalized spacial score (nSPS) is 13.5. The molecular formula is C15H22F3NO2. The summed E-state index contributed by atoms with van der Waals surface area (Å²) in [5.74, 6) is 0.765. The molecule has 0 aliphatic rings. The quantitative estimate of drug-likeness (QED) is 0.743. The molecule has 1 aromatic carbocycles. The smallest absolute Gasteiger partial charge is 0.391 e. The van der Waals surface area contributed by atoms with E-state index in [0.717, 1.165) is 11.3 Å². The highest BCUT2D eigenvalue weighted by Gasteiger charge is 2.26. The molecule has 0 aromatic heterocycles. The summed E-state index contributed by atoms with van der Waals surface area (Å²) < 4.78 is 46.7. The molecule has 120 valence electrons. The van der Waals surface area contributed by atoms with Crippen molar-refractivity contribution in [2.75, 3.05) is 20.3 Å². The lowest BCUT2D eigenvalue weighted by Gasteiger charge is -2.18. The second-order valence-electron chi connectivity index (χ2n) is 5.02. The van der Waals surface area contributed by atoms with Gasteiger partial charge in [-0.1, -0.05) is 12.1 Å². The zero-order valence-corrected chi connectivity index (χ0v) is 12.5. The van der Waals surface area contributed by atoms with Crippen molar-refractivity contribution in [3.8, 4) is 5.75 Å². The van der Waals surface area contributed by atoms with Gasteiger partial charge in [0.05, 0.1) is 31.8 Å². The molecule has 0 saturated carbocycles. The third-order valence-electron chi connectivity index (χ3n) is 2.82. The standard InChI is InChI=1S/C15H22F3NO2/c1-11(2)21-13-6-4-12(5-7-13)14(19-3)10-20-9-8-15(16,17)18/h4-7,11,14,19H,8-10H2,1-3H3. The highest BCUT2D eigenvalue weighted by Crippen LogP contribution is 2.21. The molecule has 0 spiro atoms. The van der Waals surface area contributed by atoms with Gasteiger partial charge in [-0.15, -0.1) is 0 Å². The summed E-state index contributed by atoms with van der Waals surface area (Å²) in [6, 6.07) is 7.30. The number of alkyl halides is 3. The fourth-order valence-corrected chi connectivity index (χ4v) is 1.79. The van der Waals surface area contributed by atoms with Crippen molar-refractivity contribution >= 4 is 0 Å². The molecule has 0 amide bonds. The van der Waals surface area contributed by atoms with Gasteiger partial charge < -0.3 is 14.8 Å². The molecule has 0 aliphatic heterocycles. The van der Waals surface area contributed by atoms with E-state index in [-0.39, 0.29) is 25.4 Å². The van der Waals surface area contributed by atoms with Crippen LogP contribution < -0.4 is 10.1 Å². The van der Waals surface area contributed by atoms with E-state index in [2.05, 4.69) is 5.32 Å². The Morgan fingerprint density at radius 3 is 2.24 bits per heavy atom. The maximum atomic E-state index is 12.0. The molecule has 21 heavy (non-hydrogen) atoms. The van der Waals surface area contributed by atoms with E-state index >= 15 is 0 Å². The lowest BCUT2D eigenvalue weighted by Crippen LogP contribution is -2.23. The molecule has 0 aliphatic carbocycles. The van der Waals surface area contributed by atoms with Gasteiger partial charge in [0, 0.05) is 0 Å². The molecule has 0 saturated heterocycles. The summed E-state index contributed by atoms with van der Waals surface area (Å²) in [5.41, 5.74) is 0.945. The van der Waals surface area contributed by atoms with Crippen molar-refractivity contribution in [1.29, 1.82) is 0 Å². The summed E-state index contributed by atoms with van der Waals surface area (Å²) in [6.45, 7) is 3.75. The van der Waals surface area contributed by atoms with Crippen LogP contribution in [0.25, 0.3) is 0 Å². The van der Waals surface area contributed by atoms with Crippen molar-refractivity contribution < 1.29 is 22.6 Å². The van der Waals surface area contributed by atoms with Crippen molar-refractivity contribution in [2.24, 2.45) is 0 Å². The highest BCUT2D eigenvalue weighted by atomic mass is 19.4. The molecule has 0 heterocycles. The molecule has 0 fully saturated rings. The number of halogens is 3. The number of nitrogens with one attached hydrogen (secondary N) is 1. The first-order chi connectivity index (χ1) is 9.81. The molecule has 1 aromatic rings. The lowest BCUT2D eigenvalue weighted by molar-refractivity contribution is -0.145. The third-order valence-corrected chi connectivity index (χ3v) is 2.82. The fraction of sp³-hybridized carbons (Fsp3) is 0.600. The summed E-state index contributed by atoms with van der Waals surface area (Å²) in [7, 11) is 1.75. The Hall–Kier alpha value is -1.27. The Balaban J connectivity index is 2.48. The van der Waals surface area contributed by atoms with E-state index in [9.17, 15) is 13.2 Å². The topological polar surface area (TPSA) is 30.5 Å². The van der Waals surface area contributed by atoms with Crippen LogP contribution in [0.3, 0.4) is 0 Å². The maximum Gasteiger partial charge on any atom is 0.391 e. The largest absolute Gasteiger partial charge is 0.491 e. The molecule has 1 rings (SSSR count). The lowest BCUT2D eigenvalue weighted by atomic mass is 10.1. The number of hydrogen-bond donors (Lipinski definition) is 1.